The molecule has 84 valence electrons. The van der Waals surface area contributed by atoms with Gasteiger partial charge < -0.3 is 5.11 Å². The zero-order chi connectivity index (χ0) is 11.4. The molecule has 0 bridgehead atoms. The minimum Gasteiger partial charge on any atom is -0.392 e. The third-order valence-corrected chi connectivity index (χ3v) is 4.38. The van der Waals surface area contributed by atoms with E-state index in [0.29, 0.717) is 0 Å². The first-order valence-corrected chi connectivity index (χ1v) is 5.50. The molecule has 0 aromatic heterocycles. The van der Waals surface area contributed by atoms with Gasteiger partial charge in [-0.25, -0.2) is 0 Å². The van der Waals surface area contributed by atoms with Crippen LogP contribution in [0.2, 0.25) is 0 Å². The first-order chi connectivity index (χ1) is 6.93. The number of aliphatic hydroxyl groups excluding tert-OH is 1. The molecule has 1 fully saturated rings. The maximum atomic E-state index is 12.1. The van der Waals surface area contributed by atoms with Gasteiger partial charge in [0.25, 0.3) is 0 Å². The molecular weight excluding hydrogens is 190 g/mol. The average molecular weight is 209 g/mol. The second kappa shape index (κ2) is 3.16. The lowest BCUT2D eigenvalue weighted by molar-refractivity contribution is -0.123. The molecule has 2 aliphatic carbocycles. The van der Waals surface area contributed by atoms with Gasteiger partial charge in [0.1, 0.15) is 0 Å². The first kappa shape index (κ1) is 10.8. The summed E-state index contributed by atoms with van der Waals surface area (Å²) < 4.78 is 0. The van der Waals surface area contributed by atoms with E-state index < -0.39 is 6.10 Å². The number of hydrogen-bond donors (Lipinski definition) is 1. The van der Waals surface area contributed by atoms with E-state index in [2.05, 4.69) is 4.90 Å². The Morgan fingerprint density at radius 1 is 1.40 bits per heavy atom. The number of likely N-dealkylation sites (N-methyl/N-ethyl adjacent to an activating group) is 1. The van der Waals surface area contributed by atoms with E-state index in [4.69, 9.17) is 0 Å². The number of allylic oxidation sites excluding steroid dienone is 1. The molecule has 2 rings (SSSR count). The van der Waals surface area contributed by atoms with Crippen molar-refractivity contribution < 1.29 is 9.90 Å². The fourth-order valence-electron chi connectivity index (χ4n) is 3.40. The van der Waals surface area contributed by atoms with E-state index in [1.165, 1.54) is 0 Å². The molecule has 3 nitrogen and oxygen atoms in total. The molecule has 0 amide bonds. The van der Waals surface area contributed by atoms with Crippen molar-refractivity contribution >= 4 is 5.78 Å². The van der Waals surface area contributed by atoms with Crippen LogP contribution in [0.3, 0.4) is 0 Å². The second-order valence-corrected chi connectivity index (χ2v) is 5.02. The van der Waals surface area contributed by atoms with Crippen LogP contribution in [0.5, 0.6) is 0 Å². The number of carbonyl (C=O) groups excluding carboxylic acids is 1. The number of aliphatic hydroxyl groups is 1. The van der Waals surface area contributed by atoms with Gasteiger partial charge in [-0.2, -0.15) is 0 Å². The Morgan fingerprint density at radius 2 is 2.00 bits per heavy atom. The smallest absolute Gasteiger partial charge is 0.166 e. The lowest BCUT2D eigenvalue weighted by Gasteiger charge is -2.38. The summed E-state index contributed by atoms with van der Waals surface area (Å²) >= 11 is 0. The molecule has 0 aliphatic heterocycles. The lowest BCUT2D eigenvalue weighted by atomic mass is 9.83. The molecule has 3 atom stereocenters. The van der Waals surface area contributed by atoms with Crippen LogP contribution < -0.4 is 0 Å². The van der Waals surface area contributed by atoms with Gasteiger partial charge in [-0.1, -0.05) is 0 Å². The molecule has 15 heavy (non-hydrogen) atoms. The van der Waals surface area contributed by atoms with Crippen molar-refractivity contribution in [3.63, 3.8) is 0 Å². The molecular formula is C12H19NO2. The Bertz CT molecular complexity index is 346. The Hall–Kier alpha value is -0.670. The van der Waals surface area contributed by atoms with Crippen molar-refractivity contribution in [3.8, 4) is 0 Å². The summed E-state index contributed by atoms with van der Waals surface area (Å²) in [6.45, 7) is 3.92. The summed E-state index contributed by atoms with van der Waals surface area (Å²) in [5.41, 5.74) is 1.80. The van der Waals surface area contributed by atoms with Crippen LogP contribution in [-0.4, -0.2) is 41.5 Å². The zero-order valence-corrected chi connectivity index (χ0v) is 9.87. The fourth-order valence-corrected chi connectivity index (χ4v) is 3.40. The summed E-state index contributed by atoms with van der Waals surface area (Å²) in [6, 6.07) is 0. The molecule has 3 heteroatoms. The van der Waals surface area contributed by atoms with Crippen molar-refractivity contribution in [2.45, 2.75) is 38.3 Å². The van der Waals surface area contributed by atoms with Crippen LogP contribution in [0.15, 0.2) is 11.1 Å². The van der Waals surface area contributed by atoms with Crippen molar-refractivity contribution in [3.05, 3.63) is 11.1 Å². The highest BCUT2D eigenvalue weighted by molar-refractivity contribution is 6.03. The summed E-state index contributed by atoms with van der Waals surface area (Å²) in [5.74, 6) is -0.0845. The van der Waals surface area contributed by atoms with Gasteiger partial charge in [-0.05, 0) is 51.9 Å². The third-order valence-electron chi connectivity index (χ3n) is 4.38. The standard InChI is InChI=1S/C12H19NO2/c1-7-8(2)12(13(3)4)6-5-9(14)10(12)11(7)15/h9-10,14H,5-6H2,1-4H3/t9?,10?,12-/m1/s1. The van der Waals surface area contributed by atoms with E-state index in [0.717, 1.165) is 24.0 Å². The topological polar surface area (TPSA) is 40.5 Å². The van der Waals surface area contributed by atoms with Crippen molar-refractivity contribution in [2.24, 2.45) is 5.92 Å². The normalized spacial score (nSPS) is 40.5. The molecule has 0 heterocycles. The lowest BCUT2D eigenvalue weighted by Crippen LogP contribution is -2.49. The van der Waals surface area contributed by atoms with Gasteiger partial charge in [0.15, 0.2) is 5.78 Å². The van der Waals surface area contributed by atoms with Crippen molar-refractivity contribution in [1.29, 1.82) is 0 Å². The summed E-state index contributed by atoms with van der Waals surface area (Å²) in [5, 5.41) is 9.95. The van der Waals surface area contributed by atoms with E-state index in [1.807, 2.05) is 27.9 Å². The van der Waals surface area contributed by atoms with Gasteiger partial charge in [0, 0.05) is 0 Å². The minimum absolute atomic E-state index is 0.145. The highest BCUT2D eigenvalue weighted by atomic mass is 16.3. The second-order valence-electron chi connectivity index (χ2n) is 5.02. The molecule has 2 unspecified atom stereocenters. The monoisotopic (exact) mass is 209 g/mol. The van der Waals surface area contributed by atoms with Crippen LogP contribution in [0.25, 0.3) is 0 Å². The van der Waals surface area contributed by atoms with Gasteiger partial charge in [0.2, 0.25) is 0 Å². The van der Waals surface area contributed by atoms with Gasteiger partial charge in [-0.15, -0.1) is 0 Å². The van der Waals surface area contributed by atoms with Gasteiger partial charge >= 0.3 is 0 Å². The molecule has 0 aromatic rings. The number of nitrogens with zero attached hydrogens (tertiary/aromatic N) is 1. The number of Topliss-reactive ketones (excluding diaryl/α,β-unsaturated/α-hetero) is 1. The van der Waals surface area contributed by atoms with Crippen LogP contribution >= 0.6 is 0 Å². The predicted octanol–water partition coefficient (Wildman–Crippen LogP) is 0.977. The maximum Gasteiger partial charge on any atom is 0.166 e. The van der Waals surface area contributed by atoms with Crippen LogP contribution in [0.1, 0.15) is 26.7 Å². The average Bonchev–Trinajstić information content (AvgIpc) is 2.61. The zero-order valence-electron chi connectivity index (χ0n) is 9.87. The Balaban J connectivity index is 2.55. The Labute approximate surface area is 90.8 Å². The van der Waals surface area contributed by atoms with E-state index in [-0.39, 0.29) is 17.2 Å². The van der Waals surface area contributed by atoms with E-state index in [1.54, 1.807) is 0 Å². The maximum absolute atomic E-state index is 12.1. The molecule has 0 aromatic carbocycles. The molecule has 1 N–H and O–H groups in total. The number of fused-ring (bicyclic) bond motifs is 1. The van der Waals surface area contributed by atoms with Crippen molar-refractivity contribution in [1.82, 2.24) is 4.90 Å². The third kappa shape index (κ3) is 1.11. The van der Waals surface area contributed by atoms with Gasteiger partial charge in [-0.3, -0.25) is 9.69 Å². The van der Waals surface area contributed by atoms with Crippen LogP contribution in [-0.2, 0) is 4.79 Å². The fraction of sp³-hybridized carbons (Fsp3) is 0.750. The number of rotatable bonds is 1. The number of ketones is 1. The molecule has 0 radical (unpaired) electrons. The van der Waals surface area contributed by atoms with E-state index in [9.17, 15) is 9.90 Å². The van der Waals surface area contributed by atoms with Crippen molar-refractivity contribution in [2.75, 3.05) is 14.1 Å². The summed E-state index contributed by atoms with van der Waals surface area (Å²) in [4.78, 5) is 14.2. The first-order valence-electron chi connectivity index (χ1n) is 5.50. The number of hydrogen-bond acceptors (Lipinski definition) is 3. The Kier molecular flexibility index (Phi) is 2.28. The molecule has 0 saturated heterocycles. The molecule has 1 saturated carbocycles. The quantitative estimate of drug-likeness (QED) is 0.699. The van der Waals surface area contributed by atoms with Crippen LogP contribution in [0, 0.1) is 5.92 Å². The number of carbonyl (C=O) groups is 1. The van der Waals surface area contributed by atoms with Crippen LogP contribution in [0.4, 0.5) is 0 Å². The highest BCUT2D eigenvalue weighted by Gasteiger charge is 2.58. The Morgan fingerprint density at radius 3 is 2.47 bits per heavy atom. The highest BCUT2D eigenvalue weighted by Crippen LogP contribution is 2.51. The molecule has 0 spiro atoms. The minimum atomic E-state index is -0.465. The largest absolute Gasteiger partial charge is 0.392 e. The summed E-state index contributed by atoms with van der Waals surface area (Å²) in [6.07, 6.45) is 1.16. The van der Waals surface area contributed by atoms with Gasteiger partial charge in [0.05, 0.1) is 17.6 Å². The predicted molar refractivity (Wildman–Crippen MR) is 58.5 cm³/mol. The van der Waals surface area contributed by atoms with E-state index >= 15 is 0 Å². The SMILES string of the molecule is CC1=C(C)[C@]2(N(C)C)CCC(O)C2C1=O. The summed E-state index contributed by atoms with van der Waals surface area (Å²) in [7, 11) is 4.00. The molecule has 2 aliphatic rings.